The fraction of sp³-hybridized carbons (Fsp3) is 0.632. The Bertz CT molecular complexity index is 469. The van der Waals surface area contributed by atoms with Crippen LogP contribution in [-0.4, -0.2) is 36.0 Å². The molecule has 1 rings (SSSR count). The highest BCUT2D eigenvalue weighted by Crippen LogP contribution is 2.16. The van der Waals surface area contributed by atoms with Gasteiger partial charge in [-0.1, -0.05) is 30.3 Å². The average molecular weight is 336 g/mol. The number of carbonyl (C=O) groups is 1. The SMILES string of the molecule is CC(O)CCCNC(CCNC(=O)OC(C)(C)C)c1ccccc1. The third kappa shape index (κ3) is 9.53. The summed E-state index contributed by atoms with van der Waals surface area (Å²) in [5.41, 5.74) is 0.711. The molecule has 2 atom stereocenters. The highest BCUT2D eigenvalue weighted by molar-refractivity contribution is 5.67. The maximum absolute atomic E-state index is 11.7. The van der Waals surface area contributed by atoms with Crippen LogP contribution < -0.4 is 10.6 Å². The summed E-state index contributed by atoms with van der Waals surface area (Å²) in [5.74, 6) is 0. The molecule has 3 N–H and O–H groups in total. The van der Waals surface area contributed by atoms with Crippen molar-refractivity contribution in [3.8, 4) is 0 Å². The van der Waals surface area contributed by atoms with Crippen LogP contribution >= 0.6 is 0 Å². The van der Waals surface area contributed by atoms with E-state index in [1.54, 1.807) is 6.92 Å². The van der Waals surface area contributed by atoms with Crippen molar-refractivity contribution in [2.24, 2.45) is 0 Å². The molecule has 0 saturated heterocycles. The minimum atomic E-state index is -0.484. The Morgan fingerprint density at radius 1 is 1.17 bits per heavy atom. The van der Waals surface area contributed by atoms with Gasteiger partial charge in [0.2, 0.25) is 0 Å². The predicted octanol–water partition coefficient (Wildman–Crippen LogP) is 3.39. The van der Waals surface area contributed by atoms with E-state index in [-0.39, 0.29) is 18.2 Å². The van der Waals surface area contributed by atoms with Crippen LogP contribution in [0.2, 0.25) is 0 Å². The molecule has 1 aromatic rings. The van der Waals surface area contributed by atoms with Gasteiger partial charge in [-0.3, -0.25) is 0 Å². The number of ether oxygens (including phenoxy) is 1. The first kappa shape index (κ1) is 20.5. The zero-order valence-corrected chi connectivity index (χ0v) is 15.3. The summed E-state index contributed by atoms with van der Waals surface area (Å²) in [5, 5.41) is 15.7. The molecule has 0 aliphatic rings. The number of carbonyl (C=O) groups excluding carboxylic acids is 1. The molecule has 0 heterocycles. The Morgan fingerprint density at radius 3 is 2.42 bits per heavy atom. The normalized spacial score (nSPS) is 14.0. The first-order valence-corrected chi connectivity index (χ1v) is 8.71. The molecule has 0 spiro atoms. The monoisotopic (exact) mass is 336 g/mol. The molecule has 0 aliphatic carbocycles. The van der Waals surface area contributed by atoms with Gasteiger partial charge < -0.3 is 20.5 Å². The fourth-order valence-corrected chi connectivity index (χ4v) is 2.38. The van der Waals surface area contributed by atoms with Gasteiger partial charge in [0.25, 0.3) is 0 Å². The van der Waals surface area contributed by atoms with Gasteiger partial charge in [-0.25, -0.2) is 4.79 Å². The molecule has 0 radical (unpaired) electrons. The van der Waals surface area contributed by atoms with Crippen LogP contribution in [0.4, 0.5) is 4.79 Å². The maximum atomic E-state index is 11.7. The lowest BCUT2D eigenvalue weighted by molar-refractivity contribution is 0.0525. The van der Waals surface area contributed by atoms with E-state index in [0.29, 0.717) is 6.54 Å². The second-order valence-corrected chi connectivity index (χ2v) is 7.13. The van der Waals surface area contributed by atoms with Crippen LogP contribution in [0.5, 0.6) is 0 Å². The van der Waals surface area contributed by atoms with E-state index in [2.05, 4.69) is 22.8 Å². The Kier molecular flexibility index (Phi) is 8.79. The van der Waals surface area contributed by atoms with Crippen molar-refractivity contribution in [2.45, 2.75) is 64.7 Å². The van der Waals surface area contributed by atoms with Crippen molar-refractivity contribution in [3.05, 3.63) is 35.9 Å². The number of hydrogen-bond acceptors (Lipinski definition) is 4. The number of rotatable bonds is 9. The molecule has 0 saturated carbocycles. The van der Waals surface area contributed by atoms with Crippen molar-refractivity contribution < 1.29 is 14.6 Å². The minimum absolute atomic E-state index is 0.162. The number of hydrogen-bond donors (Lipinski definition) is 3. The Hall–Kier alpha value is -1.59. The lowest BCUT2D eigenvalue weighted by atomic mass is 10.0. The van der Waals surface area contributed by atoms with Gasteiger partial charge >= 0.3 is 6.09 Å². The van der Waals surface area contributed by atoms with E-state index < -0.39 is 5.60 Å². The topological polar surface area (TPSA) is 70.6 Å². The summed E-state index contributed by atoms with van der Waals surface area (Å²) < 4.78 is 5.25. The van der Waals surface area contributed by atoms with Gasteiger partial charge in [-0.2, -0.15) is 0 Å². The first-order chi connectivity index (χ1) is 11.3. The van der Waals surface area contributed by atoms with Crippen LogP contribution in [-0.2, 0) is 4.74 Å². The molecule has 0 bridgehead atoms. The molecule has 0 aliphatic heterocycles. The highest BCUT2D eigenvalue weighted by Gasteiger charge is 2.16. The van der Waals surface area contributed by atoms with Gasteiger partial charge in [0.05, 0.1) is 6.10 Å². The van der Waals surface area contributed by atoms with Gasteiger partial charge in [0.1, 0.15) is 5.60 Å². The van der Waals surface area contributed by atoms with Crippen LogP contribution in [0, 0.1) is 0 Å². The largest absolute Gasteiger partial charge is 0.444 e. The number of alkyl carbamates (subject to hydrolysis) is 1. The third-order valence-electron chi connectivity index (χ3n) is 3.49. The Labute approximate surface area is 145 Å². The summed E-state index contributed by atoms with van der Waals surface area (Å²) >= 11 is 0. The highest BCUT2D eigenvalue weighted by atomic mass is 16.6. The lowest BCUT2D eigenvalue weighted by Gasteiger charge is -2.22. The number of aliphatic hydroxyl groups is 1. The smallest absolute Gasteiger partial charge is 0.407 e. The Morgan fingerprint density at radius 2 is 1.83 bits per heavy atom. The van der Waals surface area contributed by atoms with Crippen LogP contribution in [0.1, 0.15) is 58.6 Å². The molecule has 2 unspecified atom stereocenters. The van der Waals surface area contributed by atoms with Crippen LogP contribution in [0.15, 0.2) is 30.3 Å². The molecule has 136 valence electrons. The molecule has 5 nitrogen and oxygen atoms in total. The van der Waals surface area contributed by atoms with Crippen molar-refractivity contribution in [3.63, 3.8) is 0 Å². The van der Waals surface area contributed by atoms with Crippen molar-refractivity contribution in [2.75, 3.05) is 13.1 Å². The molecule has 0 fully saturated rings. The second-order valence-electron chi connectivity index (χ2n) is 7.13. The summed E-state index contributed by atoms with van der Waals surface area (Å²) in [6.07, 6.45) is 1.82. The van der Waals surface area contributed by atoms with Gasteiger partial charge in [-0.15, -0.1) is 0 Å². The van der Waals surface area contributed by atoms with E-state index >= 15 is 0 Å². The quantitative estimate of drug-likeness (QED) is 0.605. The predicted molar refractivity (Wildman–Crippen MR) is 97.0 cm³/mol. The van der Waals surface area contributed by atoms with Gasteiger partial charge in [0.15, 0.2) is 0 Å². The maximum Gasteiger partial charge on any atom is 0.407 e. The first-order valence-electron chi connectivity index (χ1n) is 8.71. The second kappa shape index (κ2) is 10.3. The van der Waals surface area contributed by atoms with E-state index in [0.717, 1.165) is 25.8 Å². The van der Waals surface area contributed by atoms with E-state index in [1.165, 1.54) is 5.56 Å². The molecular formula is C19H32N2O3. The van der Waals surface area contributed by atoms with Crippen molar-refractivity contribution in [1.29, 1.82) is 0 Å². The van der Waals surface area contributed by atoms with E-state index in [1.807, 2.05) is 39.0 Å². The lowest BCUT2D eigenvalue weighted by Crippen LogP contribution is -2.34. The number of benzene rings is 1. The van der Waals surface area contributed by atoms with Crippen molar-refractivity contribution >= 4 is 6.09 Å². The number of amides is 1. The molecule has 0 aromatic heterocycles. The zero-order valence-electron chi connectivity index (χ0n) is 15.3. The van der Waals surface area contributed by atoms with Gasteiger partial charge in [-0.05, 0) is 59.1 Å². The van der Waals surface area contributed by atoms with Crippen LogP contribution in [0.25, 0.3) is 0 Å². The van der Waals surface area contributed by atoms with Crippen molar-refractivity contribution in [1.82, 2.24) is 10.6 Å². The number of nitrogens with one attached hydrogen (secondary N) is 2. The molecule has 1 amide bonds. The summed E-state index contributed by atoms with van der Waals surface area (Å²) in [4.78, 5) is 11.7. The summed E-state index contributed by atoms with van der Waals surface area (Å²) in [6.45, 7) is 8.73. The number of aliphatic hydroxyl groups excluding tert-OH is 1. The third-order valence-corrected chi connectivity index (χ3v) is 3.49. The fourth-order valence-electron chi connectivity index (χ4n) is 2.38. The summed E-state index contributed by atoms with van der Waals surface area (Å²) in [6, 6.07) is 10.4. The zero-order chi connectivity index (χ0) is 18.0. The average Bonchev–Trinajstić information content (AvgIpc) is 2.48. The molecule has 5 heteroatoms. The minimum Gasteiger partial charge on any atom is -0.444 e. The molecule has 1 aromatic carbocycles. The molecular weight excluding hydrogens is 304 g/mol. The van der Waals surface area contributed by atoms with Gasteiger partial charge in [0, 0.05) is 12.6 Å². The summed E-state index contributed by atoms with van der Waals surface area (Å²) in [7, 11) is 0. The van der Waals surface area contributed by atoms with E-state index in [4.69, 9.17) is 4.74 Å². The molecule has 24 heavy (non-hydrogen) atoms. The van der Waals surface area contributed by atoms with E-state index in [9.17, 15) is 9.90 Å². The standard InChI is InChI=1S/C19H32N2O3/c1-15(22)9-8-13-20-17(16-10-6-5-7-11-16)12-14-21-18(23)24-19(2,3)4/h5-7,10-11,15,17,20,22H,8-9,12-14H2,1-4H3,(H,21,23). The Balaban J connectivity index is 2.46. The van der Waals surface area contributed by atoms with Crippen LogP contribution in [0.3, 0.4) is 0 Å².